The van der Waals surface area contributed by atoms with Crippen LogP contribution in [0.5, 0.6) is 0 Å². The molecule has 0 aromatic heterocycles. The van der Waals surface area contributed by atoms with Crippen LogP contribution in [0.3, 0.4) is 0 Å². The van der Waals surface area contributed by atoms with Gasteiger partial charge in [-0.25, -0.2) is 0 Å². The smallest absolute Gasteiger partial charge is 0.110 e. The van der Waals surface area contributed by atoms with Gasteiger partial charge in [0.2, 0.25) is 0 Å². The summed E-state index contributed by atoms with van der Waals surface area (Å²) in [5.74, 6) is 1.75. The average Bonchev–Trinajstić information content (AvgIpc) is 2.28. The highest BCUT2D eigenvalue weighted by Crippen LogP contribution is 2.41. The fourth-order valence-corrected chi connectivity index (χ4v) is 3.28. The standard InChI is InChI=1S/C15H28N2/c1-6-13(5)17-15(10-16)9-12(4)7-8-14(15)11(2)3/h11-14,17H,6-9H2,1-5H3. The van der Waals surface area contributed by atoms with Gasteiger partial charge in [0.1, 0.15) is 5.54 Å². The minimum absolute atomic E-state index is 0.290. The van der Waals surface area contributed by atoms with E-state index in [1.54, 1.807) is 0 Å². The number of nitrogens with one attached hydrogen (secondary N) is 1. The molecule has 2 heteroatoms. The van der Waals surface area contributed by atoms with Crippen LogP contribution in [0.4, 0.5) is 0 Å². The summed E-state index contributed by atoms with van der Waals surface area (Å²) in [7, 11) is 0. The van der Waals surface area contributed by atoms with Crippen molar-refractivity contribution >= 4 is 0 Å². The van der Waals surface area contributed by atoms with E-state index in [2.05, 4.69) is 46.0 Å². The zero-order valence-corrected chi connectivity index (χ0v) is 12.1. The van der Waals surface area contributed by atoms with Crippen molar-refractivity contribution in [2.24, 2.45) is 17.8 Å². The minimum Gasteiger partial charge on any atom is -0.297 e. The summed E-state index contributed by atoms with van der Waals surface area (Å²) in [6, 6.07) is 3.07. The minimum atomic E-state index is -0.290. The third-order valence-electron chi connectivity index (χ3n) is 4.39. The second-order valence-corrected chi connectivity index (χ2v) is 6.27. The van der Waals surface area contributed by atoms with E-state index >= 15 is 0 Å². The first kappa shape index (κ1) is 14.5. The van der Waals surface area contributed by atoms with Crippen LogP contribution >= 0.6 is 0 Å². The highest BCUT2D eigenvalue weighted by molar-refractivity contribution is 5.14. The lowest BCUT2D eigenvalue weighted by Gasteiger charge is -2.45. The third kappa shape index (κ3) is 3.22. The lowest BCUT2D eigenvalue weighted by atomic mass is 9.65. The van der Waals surface area contributed by atoms with E-state index in [0.717, 1.165) is 12.8 Å². The van der Waals surface area contributed by atoms with Crippen molar-refractivity contribution in [2.45, 2.75) is 71.9 Å². The van der Waals surface area contributed by atoms with Crippen molar-refractivity contribution in [3.8, 4) is 6.07 Å². The highest BCUT2D eigenvalue weighted by Gasteiger charge is 2.44. The molecule has 17 heavy (non-hydrogen) atoms. The summed E-state index contributed by atoms with van der Waals surface area (Å²) in [6.45, 7) is 11.2. The number of hydrogen-bond donors (Lipinski definition) is 1. The van der Waals surface area contributed by atoms with E-state index in [1.165, 1.54) is 12.8 Å². The Morgan fingerprint density at radius 2 is 2.00 bits per heavy atom. The molecule has 0 aromatic rings. The molecule has 4 atom stereocenters. The van der Waals surface area contributed by atoms with Gasteiger partial charge in [0.25, 0.3) is 0 Å². The molecule has 0 spiro atoms. The molecule has 4 unspecified atom stereocenters. The predicted molar refractivity (Wildman–Crippen MR) is 72.6 cm³/mol. The van der Waals surface area contributed by atoms with Crippen LogP contribution in [0.15, 0.2) is 0 Å². The van der Waals surface area contributed by atoms with E-state index in [9.17, 15) is 5.26 Å². The maximum absolute atomic E-state index is 9.71. The third-order valence-corrected chi connectivity index (χ3v) is 4.39. The number of rotatable bonds is 4. The Labute approximate surface area is 107 Å². The molecule has 0 aromatic carbocycles. The number of nitrogens with zero attached hydrogens (tertiary/aromatic N) is 1. The molecule has 0 aliphatic heterocycles. The maximum Gasteiger partial charge on any atom is 0.110 e. The van der Waals surface area contributed by atoms with Crippen molar-refractivity contribution in [1.82, 2.24) is 5.32 Å². The van der Waals surface area contributed by atoms with Crippen LogP contribution in [0, 0.1) is 29.1 Å². The topological polar surface area (TPSA) is 35.8 Å². The first-order chi connectivity index (χ1) is 7.95. The van der Waals surface area contributed by atoms with Crippen LogP contribution in [0.25, 0.3) is 0 Å². The predicted octanol–water partition coefficient (Wildman–Crippen LogP) is 3.73. The molecule has 0 heterocycles. The van der Waals surface area contributed by atoms with Crippen LogP contribution < -0.4 is 5.32 Å². The molecule has 1 N–H and O–H groups in total. The molecule has 0 amide bonds. The molecule has 0 saturated heterocycles. The number of nitriles is 1. The molecule has 98 valence electrons. The summed E-state index contributed by atoms with van der Waals surface area (Å²) in [4.78, 5) is 0. The highest BCUT2D eigenvalue weighted by atomic mass is 15.0. The van der Waals surface area contributed by atoms with Gasteiger partial charge in [0.05, 0.1) is 6.07 Å². The van der Waals surface area contributed by atoms with Crippen molar-refractivity contribution < 1.29 is 0 Å². The Bertz CT molecular complexity index is 279. The molecule has 1 rings (SSSR count). The van der Waals surface area contributed by atoms with Gasteiger partial charge in [0.15, 0.2) is 0 Å². The molecule has 0 bridgehead atoms. The molecule has 1 saturated carbocycles. The fourth-order valence-electron chi connectivity index (χ4n) is 3.28. The Morgan fingerprint density at radius 3 is 2.47 bits per heavy atom. The Balaban J connectivity index is 2.92. The van der Waals surface area contributed by atoms with E-state index in [0.29, 0.717) is 23.8 Å². The fraction of sp³-hybridized carbons (Fsp3) is 0.933. The number of hydrogen-bond acceptors (Lipinski definition) is 2. The first-order valence-corrected chi connectivity index (χ1v) is 7.14. The van der Waals surface area contributed by atoms with Gasteiger partial charge in [-0.15, -0.1) is 0 Å². The van der Waals surface area contributed by atoms with Gasteiger partial charge in [-0.1, -0.05) is 34.1 Å². The second kappa shape index (κ2) is 5.87. The quantitative estimate of drug-likeness (QED) is 0.807. The molecular weight excluding hydrogens is 208 g/mol. The zero-order valence-electron chi connectivity index (χ0n) is 12.1. The van der Waals surface area contributed by atoms with Gasteiger partial charge >= 0.3 is 0 Å². The van der Waals surface area contributed by atoms with Crippen molar-refractivity contribution in [3.05, 3.63) is 0 Å². The summed E-state index contributed by atoms with van der Waals surface area (Å²) in [5.41, 5.74) is -0.290. The van der Waals surface area contributed by atoms with Crippen LogP contribution in [0.1, 0.15) is 60.3 Å². The molecule has 1 fully saturated rings. The van der Waals surface area contributed by atoms with Gasteiger partial charge in [-0.3, -0.25) is 5.32 Å². The Hall–Kier alpha value is -0.550. The largest absolute Gasteiger partial charge is 0.297 e. The Kier molecular flexibility index (Phi) is 5.01. The molecule has 1 aliphatic rings. The summed E-state index contributed by atoms with van der Waals surface area (Å²) in [5, 5.41) is 13.3. The van der Waals surface area contributed by atoms with Crippen LogP contribution in [-0.4, -0.2) is 11.6 Å². The van der Waals surface area contributed by atoms with Gasteiger partial charge in [0, 0.05) is 6.04 Å². The van der Waals surface area contributed by atoms with Crippen molar-refractivity contribution in [1.29, 1.82) is 5.26 Å². The lowest BCUT2D eigenvalue weighted by molar-refractivity contribution is 0.109. The van der Waals surface area contributed by atoms with E-state index in [-0.39, 0.29) is 5.54 Å². The molecular formula is C15H28N2. The van der Waals surface area contributed by atoms with E-state index < -0.39 is 0 Å². The molecule has 1 aliphatic carbocycles. The van der Waals surface area contributed by atoms with Crippen molar-refractivity contribution in [3.63, 3.8) is 0 Å². The summed E-state index contributed by atoms with van der Waals surface area (Å²) >= 11 is 0. The second-order valence-electron chi connectivity index (χ2n) is 6.27. The first-order valence-electron chi connectivity index (χ1n) is 7.14. The molecule has 0 radical (unpaired) electrons. The van der Waals surface area contributed by atoms with E-state index in [4.69, 9.17) is 0 Å². The average molecular weight is 236 g/mol. The lowest BCUT2D eigenvalue weighted by Crippen LogP contribution is -2.57. The monoisotopic (exact) mass is 236 g/mol. The summed E-state index contributed by atoms with van der Waals surface area (Å²) in [6.07, 6.45) is 4.56. The SMILES string of the molecule is CCC(C)NC1(C#N)CC(C)CCC1C(C)C. The van der Waals surface area contributed by atoms with Crippen molar-refractivity contribution in [2.75, 3.05) is 0 Å². The zero-order chi connectivity index (χ0) is 13.1. The van der Waals surface area contributed by atoms with Gasteiger partial charge in [-0.2, -0.15) is 5.26 Å². The van der Waals surface area contributed by atoms with Crippen LogP contribution in [-0.2, 0) is 0 Å². The maximum atomic E-state index is 9.71. The Morgan fingerprint density at radius 1 is 1.35 bits per heavy atom. The normalized spacial score (nSPS) is 35.6. The van der Waals surface area contributed by atoms with Gasteiger partial charge in [-0.05, 0) is 43.9 Å². The van der Waals surface area contributed by atoms with Crippen LogP contribution in [0.2, 0.25) is 0 Å². The van der Waals surface area contributed by atoms with E-state index in [1.807, 2.05) is 0 Å². The summed E-state index contributed by atoms with van der Waals surface area (Å²) < 4.78 is 0. The molecule has 2 nitrogen and oxygen atoms in total. The van der Waals surface area contributed by atoms with Gasteiger partial charge < -0.3 is 0 Å².